The van der Waals surface area contributed by atoms with Crippen LogP contribution in [-0.4, -0.2) is 17.3 Å². The first-order valence-corrected chi connectivity index (χ1v) is 4.30. The molecule has 1 aromatic carbocycles. The Morgan fingerprint density at radius 1 is 1.50 bits per heavy atom. The van der Waals surface area contributed by atoms with Gasteiger partial charge in [-0.3, -0.25) is 0 Å². The summed E-state index contributed by atoms with van der Waals surface area (Å²) in [6.45, 7) is 2.07. The molecule has 1 fully saturated rings. The third-order valence-corrected chi connectivity index (χ3v) is 2.44. The number of aliphatic hydroxyl groups excluding tert-OH is 1. The van der Waals surface area contributed by atoms with Gasteiger partial charge in [0.05, 0.1) is 6.61 Å². The highest BCUT2D eigenvalue weighted by Gasteiger charge is 2.47. The van der Waals surface area contributed by atoms with Crippen molar-refractivity contribution in [2.24, 2.45) is 0 Å². The van der Waals surface area contributed by atoms with Crippen molar-refractivity contribution in [3.63, 3.8) is 0 Å². The molecule has 1 saturated heterocycles. The van der Waals surface area contributed by atoms with Crippen molar-refractivity contribution in [2.75, 3.05) is 6.61 Å². The maximum absolute atomic E-state index is 13.2. The van der Waals surface area contributed by atoms with Gasteiger partial charge in [0.15, 0.2) is 0 Å². The van der Waals surface area contributed by atoms with Gasteiger partial charge in [-0.05, 0) is 13.0 Å². The average molecular weight is 200 g/mol. The Balaban J connectivity index is 2.32. The molecule has 2 rings (SSSR count). The Labute approximate surface area is 80.1 Å². The van der Waals surface area contributed by atoms with Crippen molar-refractivity contribution >= 4 is 0 Å². The van der Waals surface area contributed by atoms with E-state index in [2.05, 4.69) is 0 Å². The Morgan fingerprint density at radius 2 is 2.14 bits per heavy atom. The van der Waals surface area contributed by atoms with E-state index in [0.717, 1.165) is 12.1 Å². The van der Waals surface area contributed by atoms with Gasteiger partial charge in [0.2, 0.25) is 0 Å². The third-order valence-electron chi connectivity index (χ3n) is 2.44. The summed E-state index contributed by atoms with van der Waals surface area (Å²) >= 11 is 0. The maximum atomic E-state index is 13.2. The van der Waals surface area contributed by atoms with Gasteiger partial charge in [0.1, 0.15) is 23.3 Å². The van der Waals surface area contributed by atoms with Crippen LogP contribution in [0.1, 0.15) is 18.6 Å². The Kier molecular flexibility index (Phi) is 2.05. The van der Waals surface area contributed by atoms with E-state index in [1.807, 2.05) is 0 Å². The molecule has 1 heterocycles. The molecule has 2 atom stereocenters. The molecule has 0 bridgehead atoms. The number of epoxide rings is 1. The molecule has 1 aliphatic rings. The van der Waals surface area contributed by atoms with Crippen molar-refractivity contribution in [2.45, 2.75) is 18.6 Å². The second kappa shape index (κ2) is 3.00. The lowest BCUT2D eigenvalue weighted by Crippen LogP contribution is -2.19. The molecule has 1 N–H and O–H groups in total. The number of rotatable bonds is 2. The van der Waals surface area contributed by atoms with Crippen LogP contribution in [0.3, 0.4) is 0 Å². The van der Waals surface area contributed by atoms with Crippen LogP contribution in [0.15, 0.2) is 18.2 Å². The molecular formula is C10H10F2O2. The average Bonchev–Trinajstić information content (AvgIpc) is 2.84. The fourth-order valence-corrected chi connectivity index (χ4v) is 1.32. The summed E-state index contributed by atoms with van der Waals surface area (Å²) in [5, 5.41) is 9.70. The van der Waals surface area contributed by atoms with Crippen LogP contribution in [0, 0.1) is 11.6 Å². The molecule has 0 radical (unpaired) electrons. The van der Waals surface area contributed by atoms with Gasteiger partial charge < -0.3 is 9.84 Å². The van der Waals surface area contributed by atoms with Gasteiger partial charge in [-0.1, -0.05) is 6.07 Å². The molecule has 0 saturated carbocycles. The van der Waals surface area contributed by atoms with Crippen molar-refractivity contribution < 1.29 is 18.6 Å². The molecule has 2 unspecified atom stereocenters. The molecule has 4 heteroatoms. The normalized spacial score (nSPS) is 27.4. The van der Waals surface area contributed by atoms with Gasteiger partial charge in [-0.2, -0.15) is 0 Å². The Hall–Kier alpha value is -1.00. The number of aliphatic hydroxyl groups is 1. The van der Waals surface area contributed by atoms with Crippen molar-refractivity contribution in [3.05, 3.63) is 35.4 Å². The highest BCUT2D eigenvalue weighted by molar-refractivity contribution is 5.24. The fourth-order valence-electron chi connectivity index (χ4n) is 1.32. The number of benzene rings is 1. The first-order valence-electron chi connectivity index (χ1n) is 4.30. The van der Waals surface area contributed by atoms with E-state index in [0.29, 0.717) is 6.61 Å². The van der Waals surface area contributed by atoms with Crippen LogP contribution in [0.25, 0.3) is 0 Å². The van der Waals surface area contributed by atoms with Crippen molar-refractivity contribution in [1.82, 2.24) is 0 Å². The van der Waals surface area contributed by atoms with E-state index >= 15 is 0 Å². The highest BCUT2D eigenvalue weighted by Crippen LogP contribution is 2.40. The minimum atomic E-state index is -1.04. The van der Waals surface area contributed by atoms with Gasteiger partial charge in [-0.15, -0.1) is 0 Å². The zero-order valence-corrected chi connectivity index (χ0v) is 7.63. The zero-order chi connectivity index (χ0) is 10.3. The summed E-state index contributed by atoms with van der Waals surface area (Å²) in [6.07, 6.45) is -1.04. The molecule has 0 aromatic heterocycles. The highest BCUT2D eigenvalue weighted by atomic mass is 19.1. The first-order chi connectivity index (χ1) is 6.53. The molecule has 0 aliphatic carbocycles. The quantitative estimate of drug-likeness (QED) is 0.738. The van der Waals surface area contributed by atoms with Crippen molar-refractivity contribution in [1.29, 1.82) is 0 Å². The second-order valence-corrected chi connectivity index (χ2v) is 3.67. The van der Waals surface area contributed by atoms with Crippen LogP contribution in [0.5, 0.6) is 0 Å². The zero-order valence-electron chi connectivity index (χ0n) is 7.63. The van der Waals surface area contributed by atoms with Gasteiger partial charge >= 0.3 is 0 Å². The molecule has 0 spiro atoms. The molecule has 1 aliphatic heterocycles. The lowest BCUT2D eigenvalue weighted by Gasteiger charge is -2.15. The summed E-state index contributed by atoms with van der Waals surface area (Å²) in [6, 6.07) is 3.11. The van der Waals surface area contributed by atoms with Crippen LogP contribution >= 0.6 is 0 Å². The van der Waals surface area contributed by atoms with Crippen molar-refractivity contribution in [3.8, 4) is 0 Å². The summed E-state index contributed by atoms with van der Waals surface area (Å²) in [5.41, 5.74) is -0.634. The second-order valence-electron chi connectivity index (χ2n) is 3.67. The van der Waals surface area contributed by atoms with E-state index in [-0.39, 0.29) is 5.56 Å². The van der Waals surface area contributed by atoms with E-state index < -0.39 is 23.3 Å². The van der Waals surface area contributed by atoms with Crippen LogP contribution in [0.4, 0.5) is 8.78 Å². The Bertz CT molecular complexity index is 361. The summed E-state index contributed by atoms with van der Waals surface area (Å²) < 4.78 is 30.8. The minimum absolute atomic E-state index is 0.0754. The summed E-state index contributed by atoms with van der Waals surface area (Å²) in [4.78, 5) is 0. The Morgan fingerprint density at radius 3 is 2.64 bits per heavy atom. The van der Waals surface area contributed by atoms with E-state index in [1.165, 1.54) is 6.07 Å². The van der Waals surface area contributed by atoms with E-state index in [4.69, 9.17) is 4.74 Å². The van der Waals surface area contributed by atoms with Gasteiger partial charge in [-0.25, -0.2) is 8.78 Å². The molecule has 2 nitrogen and oxygen atoms in total. The predicted molar refractivity (Wildman–Crippen MR) is 45.7 cm³/mol. The van der Waals surface area contributed by atoms with Crippen LogP contribution < -0.4 is 0 Å². The molecule has 76 valence electrons. The monoisotopic (exact) mass is 200 g/mol. The predicted octanol–water partition coefficient (Wildman–Crippen LogP) is 1.79. The van der Waals surface area contributed by atoms with E-state index in [9.17, 15) is 13.9 Å². The lowest BCUT2D eigenvalue weighted by molar-refractivity contribution is 0.0817. The number of hydrogen-bond donors (Lipinski definition) is 1. The van der Waals surface area contributed by atoms with Crippen LogP contribution in [-0.2, 0) is 4.74 Å². The van der Waals surface area contributed by atoms with Gasteiger partial charge in [0.25, 0.3) is 0 Å². The molecule has 1 aromatic rings. The summed E-state index contributed by atoms with van der Waals surface area (Å²) in [5.74, 6) is -1.39. The SMILES string of the molecule is CC1(C(O)c2ccc(F)cc2F)CO1. The number of hydrogen-bond acceptors (Lipinski definition) is 2. The third kappa shape index (κ3) is 1.51. The smallest absolute Gasteiger partial charge is 0.132 e. The molecule has 14 heavy (non-hydrogen) atoms. The van der Waals surface area contributed by atoms with Crippen LogP contribution in [0.2, 0.25) is 0 Å². The number of ether oxygens (including phenoxy) is 1. The largest absolute Gasteiger partial charge is 0.385 e. The summed E-state index contributed by atoms with van der Waals surface area (Å²) in [7, 11) is 0. The lowest BCUT2D eigenvalue weighted by atomic mass is 9.98. The minimum Gasteiger partial charge on any atom is -0.385 e. The number of halogens is 2. The maximum Gasteiger partial charge on any atom is 0.132 e. The standard InChI is InChI=1S/C10H10F2O2/c1-10(5-14-10)9(13)7-3-2-6(11)4-8(7)12/h2-4,9,13H,5H2,1H3. The molecule has 0 amide bonds. The molecular weight excluding hydrogens is 190 g/mol. The van der Waals surface area contributed by atoms with Gasteiger partial charge in [0, 0.05) is 11.6 Å². The van der Waals surface area contributed by atoms with E-state index in [1.54, 1.807) is 6.92 Å². The first kappa shape index (κ1) is 9.55. The fraction of sp³-hybridized carbons (Fsp3) is 0.400. The topological polar surface area (TPSA) is 32.8 Å².